The van der Waals surface area contributed by atoms with E-state index in [1.807, 2.05) is 29.1 Å². The summed E-state index contributed by atoms with van der Waals surface area (Å²) in [6, 6.07) is 11.5. The van der Waals surface area contributed by atoms with Gasteiger partial charge in [-0.25, -0.2) is 0 Å². The number of aromatic nitrogens is 4. The van der Waals surface area contributed by atoms with Crippen molar-refractivity contribution in [2.24, 2.45) is 0 Å². The second-order valence-corrected chi connectivity index (χ2v) is 7.07. The van der Waals surface area contributed by atoms with Crippen molar-refractivity contribution in [3.63, 3.8) is 0 Å². The largest absolute Gasteiger partial charge is 0.350 e. The highest BCUT2D eigenvalue weighted by atomic mass is 32.1. The normalized spacial score (nSPS) is 11.1. The third-order valence-corrected chi connectivity index (χ3v) is 5.33. The van der Waals surface area contributed by atoms with Crippen LogP contribution >= 0.6 is 23.1 Å². The van der Waals surface area contributed by atoms with Crippen molar-refractivity contribution in [1.82, 2.24) is 23.8 Å². The molecule has 0 atom stereocenters. The molecule has 1 amide bonds. The van der Waals surface area contributed by atoms with E-state index in [4.69, 9.17) is 0 Å². The maximum Gasteiger partial charge on any atom is 0.251 e. The van der Waals surface area contributed by atoms with Crippen LogP contribution in [0.5, 0.6) is 0 Å². The number of rotatable bonds is 5. The molecule has 0 aliphatic rings. The molecular formula is C17H15N5OS2. The highest BCUT2D eigenvalue weighted by molar-refractivity contribution is 7.13. The highest BCUT2D eigenvalue weighted by Crippen LogP contribution is 2.23. The van der Waals surface area contributed by atoms with E-state index >= 15 is 0 Å². The molecule has 0 aliphatic heterocycles. The number of carbonyl (C=O) groups is 1. The van der Waals surface area contributed by atoms with Crippen LogP contribution in [0.15, 0.2) is 41.8 Å². The first-order valence-electron chi connectivity index (χ1n) is 7.79. The van der Waals surface area contributed by atoms with E-state index in [0.29, 0.717) is 18.7 Å². The number of hydrogen-bond donors (Lipinski definition) is 1. The molecule has 3 aromatic heterocycles. The van der Waals surface area contributed by atoms with Crippen molar-refractivity contribution in [2.45, 2.75) is 13.5 Å². The van der Waals surface area contributed by atoms with E-state index in [2.05, 4.69) is 31.3 Å². The number of nitrogens with zero attached hydrogens (tertiary/aromatic N) is 4. The maximum atomic E-state index is 12.3. The highest BCUT2D eigenvalue weighted by Gasteiger charge is 2.10. The van der Waals surface area contributed by atoms with Gasteiger partial charge in [0.15, 0.2) is 0 Å². The SMILES string of the molecule is Cc1cc(-c2cccs2)nn1CCNC(=O)c1ccc2nsnc2c1. The first-order chi connectivity index (χ1) is 12.2. The van der Waals surface area contributed by atoms with Gasteiger partial charge in [-0.3, -0.25) is 9.48 Å². The van der Waals surface area contributed by atoms with Gasteiger partial charge in [-0.05, 0) is 42.6 Å². The zero-order valence-electron chi connectivity index (χ0n) is 13.5. The summed E-state index contributed by atoms with van der Waals surface area (Å²) < 4.78 is 10.2. The Kier molecular flexibility index (Phi) is 4.29. The molecule has 0 spiro atoms. The Morgan fingerprint density at radius 3 is 2.92 bits per heavy atom. The fourth-order valence-corrected chi connectivity index (χ4v) is 3.78. The first-order valence-corrected chi connectivity index (χ1v) is 9.40. The van der Waals surface area contributed by atoms with Crippen LogP contribution < -0.4 is 5.32 Å². The number of benzene rings is 1. The van der Waals surface area contributed by atoms with Gasteiger partial charge >= 0.3 is 0 Å². The van der Waals surface area contributed by atoms with Gasteiger partial charge in [-0.15, -0.1) is 11.3 Å². The number of aryl methyl sites for hydroxylation is 1. The van der Waals surface area contributed by atoms with Gasteiger partial charge in [0.25, 0.3) is 5.91 Å². The molecule has 0 saturated carbocycles. The van der Waals surface area contributed by atoms with Crippen molar-refractivity contribution in [3.05, 3.63) is 53.0 Å². The lowest BCUT2D eigenvalue weighted by molar-refractivity contribution is 0.0952. The Morgan fingerprint density at radius 1 is 1.20 bits per heavy atom. The Morgan fingerprint density at radius 2 is 2.08 bits per heavy atom. The topological polar surface area (TPSA) is 72.7 Å². The zero-order valence-corrected chi connectivity index (χ0v) is 15.1. The molecule has 8 heteroatoms. The molecule has 4 aromatic rings. The summed E-state index contributed by atoms with van der Waals surface area (Å²) in [5.41, 5.74) is 4.21. The molecule has 0 fully saturated rings. The van der Waals surface area contributed by atoms with E-state index < -0.39 is 0 Å². The van der Waals surface area contributed by atoms with Gasteiger partial charge in [-0.2, -0.15) is 13.8 Å². The van der Waals surface area contributed by atoms with Gasteiger partial charge in [-0.1, -0.05) is 6.07 Å². The molecule has 4 rings (SSSR count). The van der Waals surface area contributed by atoms with Crippen molar-refractivity contribution < 1.29 is 4.79 Å². The van der Waals surface area contributed by atoms with Gasteiger partial charge in [0.2, 0.25) is 0 Å². The van der Waals surface area contributed by atoms with E-state index in [-0.39, 0.29) is 5.91 Å². The predicted molar refractivity (Wildman–Crippen MR) is 100 cm³/mol. The van der Waals surface area contributed by atoms with Crippen LogP contribution in [0, 0.1) is 6.92 Å². The van der Waals surface area contributed by atoms with E-state index in [1.165, 1.54) is 0 Å². The molecule has 0 saturated heterocycles. The summed E-state index contributed by atoms with van der Waals surface area (Å²) in [4.78, 5) is 13.4. The minimum absolute atomic E-state index is 0.113. The molecule has 126 valence electrons. The summed E-state index contributed by atoms with van der Waals surface area (Å²) in [6.45, 7) is 3.16. The Hall–Kier alpha value is -2.58. The van der Waals surface area contributed by atoms with Crippen LogP contribution in [0.2, 0.25) is 0 Å². The van der Waals surface area contributed by atoms with Crippen LogP contribution in [0.1, 0.15) is 16.1 Å². The molecule has 3 heterocycles. The lowest BCUT2D eigenvalue weighted by Crippen LogP contribution is -2.27. The third-order valence-electron chi connectivity index (χ3n) is 3.88. The smallest absolute Gasteiger partial charge is 0.251 e. The number of nitrogens with one attached hydrogen (secondary N) is 1. The van der Waals surface area contributed by atoms with Gasteiger partial charge < -0.3 is 5.32 Å². The molecule has 25 heavy (non-hydrogen) atoms. The van der Waals surface area contributed by atoms with Gasteiger partial charge in [0.1, 0.15) is 16.7 Å². The minimum Gasteiger partial charge on any atom is -0.350 e. The van der Waals surface area contributed by atoms with Crippen molar-refractivity contribution in [3.8, 4) is 10.6 Å². The summed E-state index contributed by atoms with van der Waals surface area (Å²) in [5, 5.41) is 9.59. The Bertz CT molecular complexity index is 1020. The minimum atomic E-state index is -0.113. The van der Waals surface area contributed by atoms with Crippen LogP contribution in [0.4, 0.5) is 0 Å². The van der Waals surface area contributed by atoms with E-state index in [9.17, 15) is 4.79 Å². The molecule has 0 bridgehead atoms. The summed E-state index contributed by atoms with van der Waals surface area (Å²) in [7, 11) is 0. The molecule has 1 aromatic carbocycles. The van der Waals surface area contributed by atoms with E-state index in [1.54, 1.807) is 23.5 Å². The third kappa shape index (κ3) is 3.31. The monoisotopic (exact) mass is 369 g/mol. The van der Waals surface area contributed by atoms with Crippen molar-refractivity contribution >= 4 is 40.0 Å². The van der Waals surface area contributed by atoms with E-state index in [0.717, 1.165) is 39.0 Å². The van der Waals surface area contributed by atoms with Crippen LogP contribution in [-0.4, -0.2) is 31.0 Å². The van der Waals surface area contributed by atoms with Crippen molar-refractivity contribution in [2.75, 3.05) is 6.54 Å². The fourth-order valence-electron chi connectivity index (χ4n) is 2.58. The number of fused-ring (bicyclic) bond motifs is 1. The number of hydrogen-bond acceptors (Lipinski definition) is 6. The summed E-state index contributed by atoms with van der Waals surface area (Å²) >= 11 is 2.82. The standard InChI is InChI=1S/C17H15N5OS2/c1-11-9-15(16-3-2-8-24-16)19-22(11)7-6-18-17(23)12-4-5-13-14(10-12)21-25-20-13/h2-5,8-10H,6-7H2,1H3,(H,18,23). The second-order valence-electron chi connectivity index (χ2n) is 5.60. The Balaban J connectivity index is 1.39. The zero-order chi connectivity index (χ0) is 17.2. The lowest BCUT2D eigenvalue weighted by atomic mass is 10.2. The summed E-state index contributed by atoms with van der Waals surface area (Å²) in [5.74, 6) is -0.113. The number of carbonyl (C=O) groups excluding carboxylic acids is 1. The fraction of sp³-hybridized carbons (Fsp3) is 0.176. The van der Waals surface area contributed by atoms with Crippen LogP contribution in [-0.2, 0) is 6.54 Å². The maximum absolute atomic E-state index is 12.3. The molecule has 1 N–H and O–H groups in total. The average Bonchev–Trinajstić information content (AvgIpc) is 3.35. The lowest BCUT2D eigenvalue weighted by Gasteiger charge is -2.07. The number of amides is 1. The number of thiophene rings is 1. The quantitative estimate of drug-likeness (QED) is 0.585. The molecule has 6 nitrogen and oxygen atoms in total. The second kappa shape index (κ2) is 6.73. The molecular weight excluding hydrogens is 354 g/mol. The Labute approximate surface area is 152 Å². The molecule has 0 aliphatic carbocycles. The molecule has 0 radical (unpaired) electrons. The van der Waals surface area contributed by atoms with Gasteiger partial charge in [0.05, 0.1) is 23.2 Å². The van der Waals surface area contributed by atoms with Gasteiger partial charge in [0, 0.05) is 17.8 Å². The summed E-state index contributed by atoms with van der Waals surface area (Å²) in [6.07, 6.45) is 0. The van der Waals surface area contributed by atoms with Crippen LogP contribution in [0.25, 0.3) is 21.6 Å². The van der Waals surface area contributed by atoms with Crippen molar-refractivity contribution in [1.29, 1.82) is 0 Å². The first kappa shape index (κ1) is 15.9. The van der Waals surface area contributed by atoms with Crippen LogP contribution in [0.3, 0.4) is 0 Å². The predicted octanol–water partition coefficient (Wildman–Crippen LogP) is 3.35. The molecule has 0 unspecified atom stereocenters. The average molecular weight is 369 g/mol.